The predicted molar refractivity (Wildman–Crippen MR) is 81.4 cm³/mol. The van der Waals surface area contributed by atoms with Gasteiger partial charge in [0.1, 0.15) is 0 Å². The van der Waals surface area contributed by atoms with Gasteiger partial charge in [0, 0.05) is 19.0 Å². The summed E-state index contributed by atoms with van der Waals surface area (Å²) in [6.07, 6.45) is 7.32. The molecule has 3 rings (SSSR count). The van der Waals surface area contributed by atoms with Crippen molar-refractivity contribution in [2.75, 3.05) is 26.2 Å². The Balaban J connectivity index is 1.56. The summed E-state index contributed by atoms with van der Waals surface area (Å²) in [6, 6.07) is 0. The third-order valence-electron chi connectivity index (χ3n) is 6.11. The third-order valence-corrected chi connectivity index (χ3v) is 6.11. The van der Waals surface area contributed by atoms with Crippen LogP contribution in [0.3, 0.4) is 0 Å². The molecule has 114 valence electrons. The monoisotopic (exact) mass is 278 g/mol. The van der Waals surface area contributed by atoms with Gasteiger partial charge in [0.15, 0.2) is 0 Å². The van der Waals surface area contributed by atoms with E-state index in [0.29, 0.717) is 17.2 Å². The summed E-state index contributed by atoms with van der Waals surface area (Å²) < 4.78 is 0. The van der Waals surface area contributed by atoms with Gasteiger partial charge in [-0.15, -0.1) is 0 Å². The van der Waals surface area contributed by atoms with Crippen LogP contribution in [0.5, 0.6) is 0 Å². The lowest BCUT2D eigenvalue weighted by atomic mass is 9.89. The summed E-state index contributed by atoms with van der Waals surface area (Å²) in [5.41, 5.74) is 0.395. The van der Waals surface area contributed by atoms with Crippen molar-refractivity contribution in [3.63, 3.8) is 0 Å². The fraction of sp³-hybridized carbons (Fsp3) is 0.941. The van der Waals surface area contributed by atoms with Crippen LogP contribution in [0, 0.1) is 23.2 Å². The van der Waals surface area contributed by atoms with Crippen LogP contribution in [-0.4, -0.2) is 37.0 Å². The maximum atomic E-state index is 12.8. The number of nitrogens with zero attached hydrogens (tertiary/aromatic N) is 1. The first kappa shape index (κ1) is 14.4. The lowest BCUT2D eigenvalue weighted by Gasteiger charge is -2.26. The molecule has 3 heteroatoms. The van der Waals surface area contributed by atoms with Crippen LogP contribution in [0.4, 0.5) is 0 Å². The number of rotatable bonds is 2. The highest BCUT2D eigenvalue weighted by molar-refractivity contribution is 5.82. The average molecular weight is 278 g/mol. The Kier molecular flexibility index (Phi) is 4.07. The first-order chi connectivity index (χ1) is 9.62. The van der Waals surface area contributed by atoms with Crippen molar-refractivity contribution in [2.45, 2.75) is 52.4 Å². The smallest absolute Gasteiger partial charge is 0.226 e. The molecule has 0 aromatic carbocycles. The minimum Gasteiger partial charge on any atom is -0.342 e. The second-order valence-corrected chi connectivity index (χ2v) is 7.63. The number of hydrogen-bond donors (Lipinski definition) is 1. The SMILES string of the molecule is CC(C)C1CCCN(C(=O)C2CC23CCNCC3)CC1. The number of carbonyl (C=O) groups excluding carboxylic acids is 1. The Morgan fingerprint density at radius 1 is 1.20 bits per heavy atom. The molecule has 20 heavy (non-hydrogen) atoms. The van der Waals surface area contributed by atoms with Crippen LogP contribution >= 0.6 is 0 Å². The zero-order valence-electron chi connectivity index (χ0n) is 13.2. The van der Waals surface area contributed by atoms with Gasteiger partial charge in [0.25, 0.3) is 0 Å². The van der Waals surface area contributed by atoms with E-state index in [2.05, 4.69) is 24.1 Å². The number of piperidine rings is 1. The summed E-state index contributed by atoms with van der Waals surface area (Å²) in [5.74, 6) is 2.43. The second-order valence-electron chi connectivity index (χ2n) is 7.63. The molecule has 1 N–H and O–H groups in total. The first-order valence-corrected chi connectivity index (χ1v) is 8.62. The third kappa shape index (κ3) is 2.74. The van der Waals surface area contributed by atoms with E-state index in [0.717, 1.165) is 44.4 Å². The van der Waals surface area contributed by atoms with Gasteiger partial charge in [-0.25, -0.2) is 0 Å². The lowest BCUT2D eigenvalue weighted by Crippen LogP contribution is -2.37. The van der Waals surface area contributed by atoms with Gasteiger partial charge in [0.05, 0.1) is 0 Å². The van der Waals surface area contributed by atoms with Crippen LogP contribution in [0.1, 0.15) is 52.4 Å². The van der Waals surface area contributed by atoms with Crippen molar-refractivity contribution in [3.05, 3.63) is 0 Å². The highest BCUT2D eigenvalue weighted by Crippen LogP contribution is 2.59. The van der Waals surface area contributed by atoms with Crippen molar-refractivity contribution in [1.29, 1.82) is 0 Å². The number of hydrogen-bond acceptors (Lipinski definition) is 2. The Morgan fingerprint density at radius 2 is 1.95 bits per heavy atom. The molecule has 1 spiro atoms. The maximum absolute atomic E-state index is 12.8. The summed E-state index contributed by atoms with van der Waals surface area (Å²) in [5, 5.41) is 3.42. The molecule has 3 aliphatic rings. The van der Waals surface area contributed by atoms with E-state index in [9.17, 15) is 4.79 Å². The van der Waals surface area contributed by atoms with Crippen molar-refractivity contribution >= 4 is 5.91 Å². The van der Waals surface area contributed by atoms with Crippen LogP contribution in [-0.2, 0) is 4.79 Å². The summed E-state index contributed by atoms with van der Waals surface area (Å²) >= 11 is 0. The van der Waals surface area contributed by atoms with Crippen molar-refractivity contribution < 1.29 is 4.79 Å². The summed E-state index contributed by atoms with van der Waals surface area (Å²) in [4.78, 5) is 15.0. The summed E-state index contributed by atoms with van der Waals surface area (Å²) in [7, 11) is 0. The molecule has 1 aliphatic carbocycles. The van der Waals surface area contributed by atoms with E-state index >= 15 is 0 Å². The van der Waals surface area contributed by atoms with E-state index in [1.807, 2.05) is 0 Å². The Hall–Kier alpha value is -0.570. The molecule has 1 saturated carbocycles. The maximum Gasteiger partial charge on any atom is 0.226 e. The fourth-order valence-corrected chi connectivity index (χ4v) is 4.40. The number of likely N-dealkylation sites (tertiary alicyclic amines) is 1. The second kappa shape index (κ2) is 5.67. The molecule has 2 atom stereocenters. The van der Waals surface area contributed by atoms with Gasteiger partial charge in [0.2, 0.25) is 5.91 Å². The Morgan fingerprint density at radius 3 is 2.65 bits per heavy atom. The molecule has 2 aliphatic heterocycles. The highest BCUT2D eigenvalue weighted by atomic mass is 16.2. The molecular weight excluding hydrogens is 248 g/mol. The molecule has 2 unspecified atom stereocenters. The summed E-state index contributed by atoms with van der Waals surface area (Å²) in [6.45, 7) is 8.89. The molecule has 1 amide bonds. The van der Waals surface area contributed by atoms with Crippen molar-refractivity contribution in [2.24, 2.45) is 23.2 Å². The van der Waals surface area contributed by atoms with Gasteiger partial charge in [-0.05, 0) is 68.9 Å². The zero-order valence-corrected chi connectivity index (χ0v) is 13.2. The Bertz CT molecular complexity index is 360. The number of nitrogens with one attached hydrogen (secondary N) is 1. The number of amides is 1. The van der Waals surface area contributed by atoms with Crippen molar-refractivity contribution in [1.82, 2.24) is 10.2 Å². The van der Waals surface area contributed by atoms with Gasteiger partial charge < -0.3 is 10.2 Å². The molecule has 2 heterocycles. The molecular formula is C17H30N2O. The lowest BCUT2D eigenvalue weighted by molar-refractivity contribution is -0.133. The number of carbonyl (C=O) groups is 1. The van der Waals surface area contributed by atoms with Crippen molar-refractivity contribution in [3.8, 4) is 0 Å². The standard InChI is InChI=1S/C17H30N2O/c1-13(2)14-4-3-10-19(11-5-14)16(20)15-12-17(15)6-8-18-9-7-17/h13-15,18H,3-12H2,1-2H3. The molecule has 0 radical (unpaired) electrons. The molecule has 0 aromatic rings. The van der Waals surface area contributed by atoms with E-state index in [-0.39, 0.29) is 0 Å². The molecule has 2 saturated heterocycles. The van der Waals surface area contributed by atoms with Crippen LogP contribution < -0.4 is 5.32 Å². The minimum absolute atomic E-state index is 0.361. The molecule has 0 bridgehead atoms. The topological polar surface area (TPSA) is 32.3 Å². The first-order valence-electron chi connectivity index (χ1n) is 8.62. The Labute approximate surface area is 123 Å². The zero-order chi connectivity index (χ0) is 14.2. The molecule has 3 nitrogen and oxygen atoms in total. The predicted octanol–water partition coefficient (Wildman–Crippen LogP) is 2.66. The highest BCUT2D eigenvalue weighted by Gasteiger charge is 2.58. The quantitative estimate of drug-likeness (QED) is 0.842. The normalized spacial score (nSPS) is 33.2. The van der Waals surface area contributed by atoms with Crippen LogP contribution in [0.2, 0.25) is 0 Å². The van der Waals surface area contributed by atoms with Crippen LogP contribution in [0.15, 0.2) is 0 Å². The van der Waals surface area contributed by atoms with E-state index in [1.54, 1.807) is 0 Å². The molecule has 0 aromatic heterocycles. The van der Waals surface area contributed by atoms with Gasteiger partial charge >= 0.3 is 0 Å². The van der Waals surface area contributed by atoms with E-state index < -0.39 is 0 Å². The van der Waals surface area contributed by atoms with E-state index in [4.69, 9.17) is 0 Å². The average Bonchev–Trinajstić information content (AvgIpc) is 3.18. The van der Waals surface area contributed by atoms with Gasteiger partial charge in [-0.1, -0.05) is 13.8 Å². The van der Waals surface area contributed by atoms with Crippen LogP contribution in [0.25, 0.3) is 0 Å². The van der Waals surface area contributed by atoms with E-state index in [1.165, 1.54) is 32.1 Å². The van der Waals surface area contributed by atoms with Gasteiger partial charge in [-0.2, -0.15) is 0 Å². The fourth-order valence-electron chi connectivity index (χ4n) is 4.40. The largest absolute Gasteiger partial charge is 0.342 e. The minimum atomic E-state index is 0.361. The van der Waals surface area contributed by atoms with Gasteiger partial charge in [-0.3, -0.25) is 4.79 Å². The molecule has 3 fully saturated rings.